The number of methoxy groups -OCH3 is 1. The van der Waals surface area contributed by atoms with E-state index in [1.807, 2.05) is 37.4 Å². The molecule has 2 amide bonds. The van der Waals surface area contributed by atoms with Gasteiger partial charge in [0.2, 0.25) is 0 Å². The van der Waals surface area contributed by atoms with Crippen LogP contribution in [0.1, 0.15) is 31.0 Å². The molecule has 1 aliphatic heterocycles. The Kier molecular flexibility index (Phi) is 7.94. The van der Waals surface area contributed by atoms with E-state index >= 15 is 0 Å². The zero-order valence-electron chi connectivity index (χ0n) is 20.7. The Labute approximate surface area is 213 Å². The van der Waals surface area contributed by atoms with Crippen LogP contribution in [-0.4, -0.2) is 54.9 Å². The first-order valence-corrected chi connectivity index (χ1v) is 11.7. The summed E-state index contributed by atoms with van der Waals surface area (Å²) in [6, 6.07) is 11.7. The number of hydrazone groups is 1. The Morgan fingerprint density at radius 2 is 2.03 bits per heavy atom. The SMILES string of the molecule is CCOc1cc([C@@H]2NC(=O)NC(C)=C2C(=O)OC)ccc1OC[C@@H](O)N/N=C\c1c[nH]c2ccccc12. The number of nitrogens with one attached hydrogen (secondary N) is 4. The topological polar surface area (TPSA) is 146 Å². The fraction of sp³-hybridized carbons (Fsp3) is 0.269. The van der Waals surface area contributed by atoms with E-state index < -0.39 is 24.3 Å². The first-order valence-electron chi connectivity index (χ1n) is 11.7. The van der Waals surface area contributed by atoms with Crippen molar-refractivity contribution in [3.05, 3.63) is 71.1 Å². The number of urea groups is 1. The lowest BCUT2D eigenvalue weighted by molar-refractivity contribution is -0.136. The molecule has 2 atom stereocenters. The van der Waals surface area contributed by atoms with Crippen LogP contribution in [-0.2, 0) is 9.53 Å². The van der Waals surface area contributed by atoms with E-state index in [-0.39, 0.29) is 12.2 Å². The number of allylic oxidation sites excluding steroid dienone is 1. The second kappa shape index (κ2) is 11.5. The minimum absolute atomic E-state index is 0.110. The lowest BCUT2D eigenvalue weighted by Crippen LogP contribution is -2.45. The molecule has 0 bridgehead atoms. The maximum atomic E-state index is 12.4. The van der Waals surface area contributed by atoms with Crippen LogP contribution >= 0.6 is 0 Å². The molecular weight excluding hydrogens is 478 g/mol. The number of rotatable bonds is 10. The highest BCUT2D eigenvalue weighted by Gasteiger charge is 2.32. The number of carbonyl (C=O) groups excluding carboxylic acids is 2. The second-order valence-corrected chi connectivity index (χ2v) is 8.20. The molecule has 3 aromatic rings. The number of nitrogens with zero attached hydrogens (tertiary/aromatic N) is 1. The predicted octanol–water partition coefficient (Wildman–Crippen LogP) is 2.69. The number of benzene rings is 2. The predicted molar refractivity (Wildman–Crippen MR) is 137 cm³/mol. The molecule has 0 spiro atoms. The molecule has 4 rings (SSSR count). The van der Waals surface area contributed by atoms with Gasteiger partial charge in [-0.25, -0.2) is 9.59 Å². The lowest BCUT2D eigenvalue weighted by Gasteiger charge is -2.28. The summed E-state index contributed by atoms with van der Waals surface area (Å²) in [5.74, 6) is 0.215. The first-order chi connectivity index (χ1) is 17.9. The Morgan fingerprint density at radius 3 is 2.81 bits per heavy atom. The zero-order chi connectivity index (χ0) is 26.4. The Balaban J connectivity index is 1.44. The third-order valence-corrected chi connectivity index (χ3v) is 5.72. The van der Waals surface area contributed by atoms with Gasteiger partial charge in [-0.2, -0.15) is 5.10 Å². The number of esters is 1. The maximum Gasteiger partial charge on any atom is 0.337 e. The number of ether oxygens (including phenoxy) is 3. The van der Waals surface area contributed by atoms with E-state index in [0.717, 1.165) is 16.5 Å². The summed E-state index contributed by atoms with van der Waals surface area (Å²) in [5, 5.41) is 20.8. The van der Waals surface area contributed by atoms with Crippen molar-refractivity contribution in [2.75, 3.05) is 20.3 Å². The number of aromatic amines is 1. The van der Waals surface area contributed by atoms with Crippen LogP contribution in [0.4, 0.5) is 4.79 Å². The second-order valence-electron chi connectivity index (χ2n) is 8.20. The van der Waals surface area contributed by atoms with Crippen molar-refractivity contribution in [3.63, 3.8) is 0 Å². The number of hydrogen-bond acceptors (Lipinski definition) is 8. The summed E-state index contributed by atoms with van der Waals surface area (Å²) in [5.41, 5.74) is 5.80. The Morgan fingerprint density at radius 1 is 1.22 bits per heavy atom. The van der Waals surface area contributed by atoms with Gasteiger partial charge in [0.1, 0.15) is 6.61 Å². The van der Waals surface area contributed by atoms with Crippen LogP contribution in [0.2, 0.25) is 0 Å². The highest BCUT2D eigenvalue weighted by molar-refractivity contribution is 5.99. The largest absolute Gasteiger partial charge is 0.490 e. The van der Waals surface area contributed by atoms with Gasteiger partial charge in [-0.05, 0) is 37.6 Å². The molecule has 1 aliphatic rings. The van der Waals surface area contributed by atoms with Gasteiger partial charge < -0.3 is 34.9 Å². The van der Waals surface area contributed by atoms with Gasteiger partial charge in [0.25, 0.3) is 0 Å². The summed E-state index contributed by atoms with van der Waals surface area (Å²) >= 11 is 0. The fourth-order valence-corrected chi connectivity index (χ4v) is 4.02. The van der Waals surface area contributed by atoms with Crippen LogP contribution in [0.25, 0.3) is 10.9 Å². The molecule has 5 N–H and O–H groups in total. The normalized spacial score (nSPS) is 16.3. The number of para-hydroxylation sites is 1. The average molecular weight is 508 g/mol. The molecule has 0 fully saturated rings. The Hall–Kier alpha value is -4.51. The standard InChI is InChI=1S/C26H29N5O6/c1-4-36-21-11-16(24-23(25(33)35-3)15(2)29-26(34)30-24)9-10-20(21)37-14-22(32)31-28-13-17-12-27-19-8-6-5-7-18(17)19/h5-13,22,24,27,31-32H,4,14H2,1-3H3,(H2,29,30,34)/b28-13-/t22-,24+/m1/s1. The van der Waals surface area contributed by atoms with Crippen molar-refractivity contribution >= 4 is 29.1 Å². The Bertz CT molecular complexity index is 1350. The third-order valence-electron chi connectivity index (χ3n) is 5.72. The van der Waals surface area contributed by atoms with Gasteiger partial charge in [-0.3, -0.25) is 5.43 Å². The summed E-state index contributed by atoms with van der Waals surface area (Å²) in [6.07, 6.45) is 2.36. The maximum absolute atomic E-state index is 12.4. The smallest absolute Gasteiger partial charge is 0.337 e. The van der Waals surface area contributed by atoms with Crippen molar-refractivity contribution in [2.45, 2.75) is 26.1 Å². The van der Waals surface area contributed by atoms with Crippen molar-refractivity contribution in [2.24, 2.45) is 5.10 Å². The molecule has 0 unspecified atom stereocenters. The number of H-pyrrole nitrogens is 1. The van der Waals surface area contributed by atoms with Gasteiger partial charge >= 0.3 is 12.0 Å². The van der Waals surface area contributed by atoms with Gasteiger partial charge in [-0.1, -0.05) is 24.3 Å². The van der Waals surface area contributed by atoms with Crippen LogP contribution in [0, 0.1) is 0 Å². The number of fused-ring (bicyclic) bond motifs is 1. The van der Waals surface area contributed by atoms with E-state index in [4.69, 9.17) is 14.2 Å². The van der Waals surface area contributed by atoms with E-state index in [2.05, 4.69) is 26.1 Å². The number of hydrogen-bond donors (Lipinski definition) is 5. The summed E-state index contributed by atoms with van der Waals surface area (Å²) < 4.78 is 16.4. The van der Waals surface area contributed by atoms with E-state index in [0.29, 0.717) is 29.4 Å². The van der Waals surface area contributed by atoms with Crippen LogP contribution in [0.5, 0.6) is 11.5 Å². The molecule has 0 aliphatic carbocycles. The van der Waals surface area contributed by atoms with E-state index in [1.54, 1.807) is 31.3 Å². The van der Waals surface area contributed by atoms with Gasteiger partial charge in [0.15, 0.2) is 17.7 Å². The molecule has 2 aromatic carbocycles. The number of aromatic nitrogens is 1. The van der Waals surface area contributed by atoms with Crippen LogP contribution in [0.15, 0.2) is 65.0 Å². The first kappa shape index (κ1) is 25.6. The van der Waals surface area contributed by atoms with Crippen molar-refractivity contribution < 1.29 is 28.9 Å². The number of aliphatic hydroxyl groups excluding tert-OH is 1. The molecule has 2 heterocycles. The molecule has 1 aromatic heterocycles. The molecule has 0 radical (unpaired) electrons. The van der Waals surface area contributed by atoms with Gasteiger partial charge in [-0.15, -0.1) is 0 Å². The summed E-state index contributed by atoms with van der Waals surface area (Å²) in [6.45, 7) is 3.70. The molecule has 194 valence electrons. The average Bonchev–Trinajstić information content (AvgIpc) is 3.30. The molecule has 11 nitrogen and oxygen atoms in total. The lowest BCUT2D eigenvalue weighted by atomic mass is 9.95. The van der Waals surface area contributed by atoms with Gasteiger partial charge in [0.05, 0.1) is 31.5 Å². The fourth-order valence-electron chi connectivity index (χ4n) is 4.02. The number of carbonyl (C=O) groups is 2. The highest BCUT2D eigenvalue weighted by Crippen LogP contribution is 2.34. The molecule has 37 heavy (non-hydrogen) atoms. The van der Waals surface area contributed by atoms with Crippen molar-refractivity contribution in [1.29, 1.82) is 0 Å². The molecule has 0 saturated carbocycles. The summed E-state index contributed by atoms with van der Waals surface area (Å²) in [7, 11) is 1.28. The monoisotopic (exact) mass is 507 g/mol. The minimum atomic E-state index is -1.09. The van der Waals surface area contributed by atoms with Crippen molar-refractivity contribution in [3.8, 4) is 11.5 Å². The quantitative estimate of drug-likeness (QED) is 0.123. The van der Waals surface area contributed by atoms with E-state index in [9.17, 15) is 14.7 Å². The van der Waals surface area contributed by atoms with E-state index in [1.165, 1.54) is 7.11 Å². The number of amides is 2. The van der Waals surface area contributed by atoms with Crippen LogP contribution < -0.4 is 25.5 Å². The molecule has 0 saturated heterocycles. The van der Waals surface area contributed by atoms with Gasteiger partial charge in [0, 0.05) is 28.4 Å². The summed E-state index contributed by atoms with van der Waals surface area (Å²) in [4.78, 5) is 27.6. The molecular formula is C26H29N5O6. The number of aliphatic hydroxyl groups is 1. The van der Waals surface area contributed by atoms with Crippen LogP contribution in [0.3, 0.4) is 0 Å². The van der Waals surface area contributed by atoms with Crippen molar-refractivity contribution in [1.82, 2.24) is 21.0 Å². The third kappa shape index (κ3) is 5.84. The minimum Gasteiger partial charge on any atom is -0.490 e. The molecule has 11 heteroatoms. The highest BCUT2D eigenvalue weighted by atomic mass is 16.5. The zero-order valence-corrected chi connectivity index (χ0v) is 20.7.